The van der Waals surface area contributed by atoms with Crippen LogP contribution >= 0.6 is 0 Å². The summed E-state index contributed by atoms with van der Waals surface area (Å²) >= 11 is 0. The zero-order chi connectivity index (χ0) is 11.5. The predicted octanol–water partition coefficient (Wildman–Crippen LogP) is 1.24. The van der Waals surface area contributed by atoms with Gasteiger partial charge >= 0.3 is 6.03 Å². The Labute approximate surface area is 96.3 Å². The molecule has 0 spiro atoms. The summed E-state index contributed by atoms with van der Waals surface area (Å²) in [4.78, 5) is 15.9. The Morgan fingerprint density at radius 1 is 1.00 bits per heavy atom. The number of methoxy groups -OCH3 is 2. The van der Waals surface area contributed by atoms with Gasteiger partial charge in [0.15, 0.2) is 0 Å². The Bertz CT molecular complexity index is 236. The maximum absolute atomic E-state index is 12.3. The average Bonchev–Trinajstić information content (AvgIpc) is 2.96. The number of rotatable bonds is 2. The Balaban J connectivity index is 2.00. The van der Waals surface area contributed by atoms with E-state index in [1.165, 1.54) is 0 Å². The van der Waals surface area contributed by atoms with E-state index in [1.54, 1.807) is 14.2 Å². The van der Waals surface area contributed by atoms with Crippen LogP contribution in [0.2, 0.25) is 0 Å². The molecule has 2 heterocycles. The summed E-state index contributed by atoms with van der Waals surface area (Å²) in [5, 5.41) is 0. The molecule has 0 saturated carbocycles. The summed E-state index contributed by atoms with van der Waals surface area (Å²) in [5.41, 5.74) is 0. The Hall–Kier alpha value is -0.810. The quantitative estimate of drug-likeness (QED) is 0.714. The molecule has 2 aliphatic rings. The number of amides is 2. The molecule has 2 aliphatic heterocycles. The maximum Gasteiger partial charge on any atom is 0.324 e. The minimum Gasteiger partial charge on any atom is -0.361 e. The highest BCUT2D eigenvalue weighted by Gasteiger charge is 2.36. The maximum atomic E-state index is 12.3. The number of urea groups is 1. The van der Waals surface area contributed by atoms with E-state index in [-0.39, 0.29) is 18.5 Å². The monoisotopic (exact) mass is 228 g/mol. The van der Waals surface area contributed by atoms with Gasteiger partial charge in [-0.1, -0.05) is 0 Å². The van der Waals surface area contributed by atoms with Crippen LogP contribution in [0.1, 0.15) is 25.7 Å². The van der Waals surface area contributed by atoms with Gasteiger partial charge < -0.3 is 9.47 Å². The first kappa shape index (κ1) is 11.7. The van der Waals surface area contributed by atoms with Gasteiger partial charge in [0.25, 0.3) is 0 Å². The second-order valence-electron chi connectivity index (χ2n) is 4.33. The second-order valence-corrected chi connectivity index (χ2v) is 4.33. The smallest absolute Gasteiger partial charge is 0.324 e. The molecule has 5 heteroatoms. The highest BCUT2D eigenvalue weighted by Crippen LogP contribution is 2.24. The highest BCUT2D eigenvalue weighted by molar-refractivity contribution is 5.75. The third-order valence-electron chi connectivity index (χ3n) is 3.43. The number of hydrogen-bond donors (Lipinski definition) is 0. The van der Waals surface area contributed by atoms with Gasteiger partial charge in [-0.15, -0.1) is 0 Å². The van der Waals surface area contributed by atoms with E-state index >= 15 is 0 Å². The van der Waals surface area contributed by atoms with Crippen LogP contribution < -0.4 is 0 Å². The fourth-order valence-corrected chi connectivity index (χ4v) is 2.56. The standard InChI is InChI=1S/C11H20N2O3/c1-15-9-5-3-7-12(9)11(14)13-8-4-6-10(13)16-2/h9-10H,3-8H2,1-2H3. The molecule has 0 bridgehead atoms. The van der Waals surface area contributed by atoms with Crippen molar-refractivity contribution in [3.8, 4) is 0 Å². The molecule has 2 fully saturated rings. The lowest BCUT2D eigenvalue weighted by Crippen LogP contribution is -2.48. The van der Waals surface area contributed by atoms with Crippen molar-refractivity contribution < 1.29 is 14.3 Å². The molecule has 0 aromatic heterocycles. The summed E-state index contributed by atoms with van der Waals surface area (Å²) < 4.78 is 10.6. The minimum absolute atomic E-state index is 0.0504. The molecule has 2 rings (SSSR count). The number of ether oxygens (including phenoxy) is 2. The van der Waals surface area contributed by atoms with Crippen molar-refractivity contribution in [1.29, 1.82) is 0 Å². The second kappa shape index (κ2) is 5.01. The SMILES string of the molecule is COC1CCCN1C(=O)N1CCCC1OC. The van der Waals surface area contributed by atoms with Gasteiger partial charge in [0.05, 0.1) is 0 Å². The van der Waals surface area contributed by atoms with Gasteiger partial charge in [0, 0.05) is 27.3 Å². The van der Waals surface area contributed by atoms with E-state index in [1.807, 2.05) is 9.80 Å². The molecule has 2 amide bonds. The number of likely N-dealkylation sites (tertiary alicyclic amines) is 2. The van der Waals surface area contributed by atoms with Gasteiger partial charge in [0.1, 0.15) is 12.5 Å². The summed E-state index contributed by atoms with van der Waals surface area (Å²) in [6.07, 6.45) is 3.82. The zero-order valence-electron chi connectivity index (χ0n) is 10.0. The van der Waals surface area contributed by atoms with Crippen LogP contribution in [0.3, 0.4) is 0 Å². The molecule has 0 aromatic carbocycles. The molecule has 0 aliphatic carbocycles. The first-order valence-corrected chi connectivity index (χ1v) is 5.90. The Morgan fingerprint density at radius 2 is 1.44 bits per heavy atom. The van der Waals surface area contributed by atoms with E-state index in [4.69, 9.17) is 9.47 Å². The van der Waals surface area contributed by atoms with Crippen LogP contribution in [0.15, 0.2) is 0 Å². The largest absolute Gasteiger partial charge is 0.361 e. The first-order valence-electron chi connectivity index (χ1n) is 5.90. The molecular formula is C11H20N2O3. The van der Waals surface area contributed by atoms with Crippen molar-refractivity contribution in [3.05, 3.63) is 0 Å². The van der Waals surface area contributed by atoms with Gasteiger partial charge in [0.2, 0.25) is 0 Å². The van der Waals surface area contributed by atoms with E-state index in [9.17, 15) is 4.79 Å². The normalized spacial score (nSPS) is 30.1. The first-order chi connectivity index (χ1) is 7.77. The third-order valence-corrected chi connectivity index (χ3v) is 3.43. The fraction of sp³-hybridized carbons (Fsp3) is 0.909. The van der Waals surface area contributed by atoms with E-state index in [0.29, 0.717) is 0 Å². The lowest BCUT2D eigenvalue weighted by Gasteiger charge is -2.31. The number of hydrogen-bond acceptors (Lipinski definition) is 3. The molecule has 0 N–H and O–H groups in total. The van der Waals surface area contributed by atoms with Crippen molar-refractivity contribution in [2.45, 2.75) is 38.1 Å². The Morgan fingerprint density at radius 3 is 1.81 bits per heavy atom. The highest BCUT2D eigenvalue weighted by atomic mass is 16.5. The lowest BCUT2D eigenvalue weighted by molar-refractivity contribution is -0.0222. The number of carbonyl (C=O) groups excluding carboxylic acids is 1. The van der Waals surface area contributed by atoms with Gasteiger partial charge in [-0.25, -0.2) is 4.79 Å². The van der Waals surface area contributed by atoms with Gasteiger partial charge in [-0.3, -0.25) is 9.80 Å². The van der Waals surface area contributed by atoms with Crippen LogP contribution in [0.5, 0.6) is 0 Å². The van der Waals surface area contributed by atoms with Crippen LogP contribution in [-0.4, -0.2) is 55.6 Å². The summed E-state index contributed by atoms with van der Waals surface area (Å²) in [6.45, 7) is 1.59. The van der Waals surface area contributed by atoms with Crippen molar-refractivity contribution in [3.63, 3.8) is 0 Å². The molecule has 16 heavy (non-hydrogen) atoms. The molecule has 2 saturated heterocycles. The minimum atomic E-state index is -0.0504. The van der Waals surface area contributed by atoms with Crippen LogP contribution in [0.25, 0.3) is 0 Å². The Kier molecular flexibility index (Phi) is 3.66. The zero-order valence-corrected chi connectivity index (χ0v) is 10.0. The third kappa shape index (κ3) is 2.01. The van der Waals surface area contributed by atoms with E-state index < -0.39 is 0 Å². The molecule has 0 aromatic rings. The van der Waals surface area contributed by atoms with Crippen LogP contribution in [0, 0.1) is 0 Å². The van der Waals surface area contributed by atoms with Crippen molar-refractivity contribution in [2.24, 2.45) is 0 Å². The lowest BCUT2D eigenvalue weighted by atomic mass is 10.4. The molecule has 2 unspecified atom stereocenters. The summed E-state index contributed by atoms with van der Waals surface area (Å²) in [6, 6.07) is 0.0636. The van der Waals surface area contributed by atoms with Crippen molar-refractivity contribution >= 4 is 6.03 Å². The molecule has 0 radical (unpaired) electrons. The van der Waals surface area contributed by atoms with Crippen LogP contribution in [0.4, 0.5) is 4.79 Å². The van der Waals surface area contributed by atoms with Crippen LogP contribution in [-0.2, 0) is 9.47 Å². The summed E-state index contributed by atoms with van der Waals surface area (Å²) in [5.74, 6) is 0. The average molecular weight is 228 g/mol. The van der Waals surface area contributed by atoms with E-state index in [2.05, 4.69) is 0 Å². The molecular weight excluding hydrogens is 208 g/mol. The van der Waals surface area contributed by atoms with Crippen molar-refractivity contribution in [2.75, 3.05) is 27.3 Å². The van der Waals surface area contributed by atoms with Gasteiger partial charge in [-0.2, -0.15) is 0 Å². The predicted molar refractivity (Wildman–Crippen MR) is 58.9 cm³/mol. The number of carbonyl (C=O) groups is 1. The molecule has 92 valence electrons. The fourth-order valence-electron chi connectivity index (χ4n) is 2.56. The molecule has 5 nitrogen and oxygen atoms in total. The van der Waals surface area contributed by atoms with Crippen molar-refractivity contribution in [1.82, 2.24) is 9.80 Å². The topological polar surface area (TPSA) is 42.0 Å². The number of nitrogens with zero attached hydrogens (tertiary/aromatic N) is 2. The van der Waals surface area contributed by atoms with E-state index in [0.717, 1.165) is 38.8 Å². The summed E-state index contributed by atoms with van der Waals surface area (Å²) in [7, 11) is 3.32. The molecule has 2 atom stereocenters. The van der Waals surface area contributed by atoms with Gasteiger partial charge in [-0.05, 0) is 25.7 Å².